The van der Waals surface area contributed by atoms with Crippen molar-refractivity contribution in [2.75, 3.05) is 63.1 Å². The minimum absolute atomic E-state index is 0.585. The summed E-state index contributed by atoms with van der Waals surface area (Å²) in [6.45, 7) is 2.60. The van der Waals surface area contributed by atoms with Crippen molar-refractivity contribution in [3.8, 4) is 0 Å². The maximum absolute atomic E-state index is 2.82. The second-order valence-electron chi connectivity index (χ2n) is 6.23. The molecule has 0 spiro atoms. The second-order valence-corrected chi connectivity index (χ2v) is 18.0. The van der Waals surface area contributed by atoms with Crippen molar-refractivity contribution in [3.05, 3.63) is 0 Å². The Morgan fingerprint density at radius 3 is 1.31 bits per heavy atom. The van der Waals surface area contributed by atoms with Gasteiger partial charge in [0, 0.05) is 13.1 Å². The van der Waals surface area contributed by atoms with Crippen LogP contribution < -0.4 is 0 Å². The summed E-state index contributed by atoms with van der Waals surface area (Å²) >= 11 is 0. The van der Waals surface area contributed by atoms with Crippen molar-refractivity contribution in [3.63, 3.8) is 0 Å². The second kappa shape index (κ2) is 4.57. The van der Waals surface area contributed by atoms with Crippen molar-refractivity contribution in [2.24, 2.45) is 0 Å². The lowest BCUT2D eigenvalue weighted by molar-refractivity contribution is 0.523. The smallest absolute Gasteiger partial charge is 0.0194 e. The zero-order valence-corrected chi connectivity index (χ0v) is 14.7. The lowest BCUT2D eigenvalue weighted by atomic mass is 10.4. The Morgan fingerprint density at radius 2 is 1.06 bits per heavy atom. The van der Waals surface area contributed by atoms with Crippen molar-refractivity contribution >= 4 is 30.8 Å². The van der Waals surface area contributed by atoms with Crippen molar-refractivity contribution in [2.45, 2.75) is 6.42 Å². The Labute approximate surface area is 108 Å². The maximum Gasteiger partial charge on any atom is 0.0194 e. The van der Waals surface area contributed by atoms with Gasteiger partial charge in [0.2, 0.25) is 0 Å². The molecule has 5 heteroatoms. The van der Waals surface area contributed by atoms with Crippen LogP contribution in [0.25, 0.3) is 0 Å². The third-order valence-electron chi connectivity index (χ3n) is 2.90. The molecule has 0 bridgehead atoms. The van der Waals surface area contributed by atoms with Crippen LogP contribution >= 0.6 is 30.8 Å². The van der Waals surface area contributed by atoms with E-state index in [1.165, 1.54) is 19.5 Å². The summed E-state index contributed by atoms with van der Waals surface area (Å²) in [5, 5.41) is 0. The van der Waals surface area contributed by atoms with E-state index in [0.717, 1.165) is 0 Å². The third kappa shape index (κ3) is 3.05. The molecule has 0 amide bonds. The molecule has 102 valence electrons. The summed E-state index contributed by atoms with van der Waals surface area (Å²) in [6, 6.07) is 0. The van der Waals surface area contributed by atoms with Crippen LogP contribution in [-0.4, -0.2) is 70.6 Å². The van der Waals surface area contributed by atoms with Gasteiger partial charge in [0.05, 0.1) is 0 Å². The van der Waals surface area contributed by atoms with E-state index in [4.69, 9.17) is 0 Å². The van der Waals surface area contributed by atoms with E-state index in [0.29, 0.717) is 0 Å². The van der Waals surface area contributed by atoms with E-state index >= 15 is 0 Å². The van der Waals surface area contributed by atoms with Gasteiger partial charge < -0.3 is 0 Å². The number of hydrogen-bond acceptors (Lipinski definition) is 2. The highest BCUT2D eigenvalue weighted by Crippen LogP contribution is 2.68. The highest BCUT2D eigenvalue weighted by atomic mass is 32.4. The van der Waals surface area contributed by atoms with Crippen LogP contribution in [0, 0.1) is 0 Å². The van der Waals surface area contributed by atoms with Gasteiger partial charge >= 0.3 is 0 Å². The number of rotatable bonds is 2. The lowest BCUT2D eigenvalue weighted by Gasteiger charge is -2.64. The van der Waals surface area contributed by atoms with Gasteiger partial charge in [-0.3, -0.25) is 0 Å². The van der Waals surface area contributed by atoms with E-state index in [2.05, 4.69) is 57.5 Å². The topological polar surface area (TPSA) is 6.48 Å². The molecule has 1 aliphatic heterocycles. The van der Waals surface area contributed by atoms with Crippen LogP contribution in [0.15, 0.2) is 0 Å². The average Bonchev–Trinajstić information content (AvgIpc) is 1.97. The molecule has 0 atom stereocenters. The lowest BCUT2D eigenvalue weighted by Crippen LogP contribution is -2.46. The molecule has 1 fully saturated rings. The molecule has 0 aliphatic carbocycles. The first-order valence-corrected chi connectivity index (χ1v) is 13.6. The highest BCUT2D eigenvalue weighted by molar-refractivity contribution is 8.48. The molecule has 0 aromatic rings. The van der Waals surface area contributed by atoms with Crippen LogP contribution in [0.3, 0.4) is 0 Å². The van der Waals surface area contributed by atoms with E-state index in [9.17, 15) is 0 Å². The van der Waals surface area contributed by atoms with Gasteiger partial charge in [0.25, 0.3) is 0 Å². The molecule has 0 saturated carbocycles. The molecule has 0 N–H and O–H groups in total. The van der Waals surface area contributed by atoms with E-state index in [1.54, 1.807) is 0 Å². The largest absolute Gasteiger partial charge is 0.219 e. The van der Waals surface area contributed by atoms with Gasteiger partial charge in [-0.25, -0.2) is 7.42 Å². The van der Waals surface area contributed by atoms with Gasteiger partial charge in [0.1, 0.15) is 0 Å². The Morgan fingerprint density at radius 1 is 0.750 bits per heavy atom. The van der Waals surface area contributed by atoms with Crippen molar-refractivity contribution in [1.82, 2.24) is 7.42 Å². The zero-order valence-electron chi connectivity index (χ0n) is 12.2. The molecule has 0 radical (unpaired) electrons. The molecule has 16 heavy (non-hydrogen) atoms. The first-order chi connectivity index (χ1) is 6.97. The van der Waals surface area contributed by atoms with Gasteiger partial charge in [-0.1, -0.05) is 0 Å². The Bertz CT molecular complexity index is 229. The molecule has 2 nitrogen and oxygen atoms in total. The quantitative estimate of drug-likeness (QED) is 0.769. The first-order valence-electron chi connectivity index (χ1n) is 5.63. The summed E-state index contributed by atoms with van der Waals surface area (Å²) in [6.07, 6.45) is 20.9. The van der Waals surface area contributed by atoms with Crippen LogP contribution in [0.4, 0.5) is 0 Å². The standard InChI is InChI=1S/C11H30N2S3/c1-14(2,3)12-10-9-11-13(15(4,5)6)16(12,7)8/h9-11H2,1-8H3. The monoisotopic (exact) mass is 286 g/mol. The maximum atomic E-state index is 2.82. The summed E-state index contributed by atoms with van der Waals surface area (Å²) in [7, 11) is -1.91. The molecule has 1 aliphatic rings. The van der Waals surface area contributed by atoms with E-state index in [-0.39, 0.29) is 0 Å². The molecular formula is C11H30N2S3. The van der Waals surface area contributed by atoms with E-state index in [1.807, 2.05) is 0 Å². The summed E-state index contributed by atoms with van der Waals surface area (Å²) in [4.78, 5) is 0. The molecule has 1 rings (SSSR count). The fraction of sp³-hybridized carbons (Fsp3) is 1.00. The molecule has 0 aromatic heterocycles. The van der Waals surface area contributed by atoms with Crippen molar-refractivity contribution in [1.29, 1.82) is 0 Å². The Hall–Kier alpha value is 0.970. The summed E-state index contributed by atoms with van der Waals surface area (Å²) in [5.41, 5.74) is 0. The fourth-order valence-corrected chi connectivity index (χ4v) is 14.6. The van der Waals surface area contributed by atoms with Crippen molar-refractivity contribution < 1.29 is 0 Å². The van der Waals surface area contributed by atoms with Crippen LogP contribution in [0.5, 0.6) is 0 Å². The zero-order chi connectivity index (χ0) is 12.8. The summed E-state index contributed by atoms with van der Waals surface area (Å²) in [5.74, 6) is 0. The molecule has 0 unspecified atom stereocenters. The summed E-state index contributed by atoms with van der Waals surface area (Å²) < 4.78 is 5.64. The molecular weight excluding hydrogens is 256 g/mol. The average molecular weight is 287 g/mol. The number of nitrogens with zero attached hydrogens (tertiary/aromatic N) is 2. The minimum atomic E-state index is -0.739. The predicted octanol–water partition coefficient (Wildman–Crippen LogP) is 3.11. The molecule has 1 heterocycles. The normalized spacial score (nSPS) is 28.8. The SMILES string of the molecule is CS(C)(C)N1CCCN(S(C)(C)C)S1(C)C. The van der Waals surface area contributed by atoms with Gasteiger partial charge in [-0.05, 0) is 56.5 Å². The van der Waals surface area contributed by atoms with E-state index < -0.39 is 30.8 Å². The van der Waals surface area contributed by atoms with Gasteiger partial charge in [-0.15, -0.1) is 10.4 Å². The Kier molecular flexibility index (Phi) is 4.30. The number of hydrogen-bond donors (Lipinski definition) is 0. The fourth-order valence-electron chi connectivity index (χ4n) is 2.52. The predicted molar refractivity (Wildman–Crippen MR) is 88.2 cm³/mol. The minimum Gasteiger partial charge on any atom is -0.219 e. The van der Waals surface area contributed by atoms with Gasteiger partial charge in [0.15, 0.2) is 0 Å². The van der Waals surface area contributed by atoms with Crippen LogP contribution in [0.2, 0.25) is 0 Å². The molecule has 1 saturated heterocycles. The van der Waals surface area contributed by atoms with Crippen LogP contribution in [-0.2, 0) is 0 Å². The third-order valence-corrected chi connectivity index (χ3v) is 12.9. The van der Waals surface area contributed by atoms with Gasteiger partial charge in [-0.2, -0.15) is 20.4 Å². The van der Waals surface area contributed by atoms with Crippen LogP contribution in [0.1, 0.15) is 6.42 Å². The molecule has 0 aromatic carbocycles. The highest BCUT2D eigenvalue weighted by Gasteiger charge is 2.39. The first kappa shape index (κ1) is 15.0. The Balaban J connectivity index is 3.01.